The molecule has 0 aliphatic heterocycles. The highest BCUT2D eigenvalue weighted by Gasteiger charge is 2.29. The summed E-state index contributed by atoms with van der Waals surface area (Å²) in [5.74, 6) is 1.68. The Kier molecular flexibility index (Phi) is 7.61. The molecule has 0 radical (unpaired) electrons. The van der Waals surface area contributed by atoms with E-state index in [1.807, 2.05) is 53.4 Å². The number of aliphatic hydroxyl groups excluding tert-OH is 1. The maximum absolute atomic E-state index is 10.2. The zero-order valence-electron chi connectivity index (χ0n) is 23.6. The van der Waals surface area contributed by atoms with Gasteiger partial charge in [0.2, 0.25) is 0 Å². The van der Waals surface area contributed by atoms with E-state index < -0.39 is 0 Å². The normalized spacial score (nSPS) is 17.0. The zero-order valence-corrected chi connectivity index (χ0v) is 23.6. The number of hydrogen-bond donors (Lipinski definition) is 2. The minimum Gasteiger partial charge on any atom is -0.497 e. The number of benzene rings is 3. The van der Waals surface area contributed by atoms with Crippen molar-refractivity contribution in [3.63, 3.8) is 0 Å². The van der Waals surface area contributed by atoms with Crippen LogP contribution < -0.4 is 15.0 Å². The molecule has 0 saturated heterocycles. The van der Waals surface area contributed by atoms with Crippen LogP contribution in [0.3, 0.4) is 0 Å². The third-order valence-corrected chi connectivity index (χ3v) is 8.42. The number of nitrogens with one attached hydrogen (secondary N) is 1. The lowest BCUT2D eigenvalue weighted by molar-refractivity contribution is 0.135. The van der Waals surface area contributed by atoms with E-state index >= 15 is 0 Å². The van der Waals surface area contributed by atoms with Crippen molar-refractivity contribution >= 4 is 11.0 Å². The molecule has 1 aliphatic rings. The minimum absolute atomic E-state index is 0.0452. The lowest BCUT2D eigenvalue weighted by Gasteiger charge is -2.32. The number of fused-ring (bicyclic) bond motifs is 1. The van der Waals surface area contributed by atoms with Crippen molar-refractivity contribution in [2.24, 2.45) is 5.92 Å². The van der Waals surface area contributed by atoms with Crippen LogP contribution in [0.4, 0.5) is 0 Å². The maximum atomic E-state index is 10.2. The molecule has 2 unspecified atom stereocenters. The third kappa shape index (κ3) is 5.02. The second-order valence-corrected chi connectivity index (χ2v) is 10.7. The first-order valence-electron chi connectivity index (χ1n) is 14.2. The van der Waals surface area contributed by atoms with Gasteiger partial charge >= 0.3 is 0 Å². The molecule has 41 heavy (non-hydrogen) atoms. The molecule has 210 valence electrons. The van der Waals surface area contributed by atoms with Crippen LogP contribution in [-0.4, -0.2) is 40.1 Å². The summed E-state index contributed by atoms with van der Waals surface area (Å²) in [6.45, 7) is 0.723. The Morgan fingerprint density at radius 2 is 1.49 bits per heavy atom. The van der Waals surface area contributed by atoms with Gasteiger partial charge in [-0.2, -0.15) is 0 Å². The van der Waals surface area contributed by atoms with Crippen molar-refractivity contribution in [2.45, 2.75) is 38.3 Å². The standard InChI is InChI=1S/C34H36N4O3/c1-40-27-16-12-24(13-17-27)30-31-33(35)38(29-11-7-6-10-26(29)21-39)22-36-34(31)37(20-23-8-4-3-5-9-23)32(30)25-14-18-28(41-2)19-15-25/h3-5,8-9,12-19,22,26,29,35,39H,6-7,10-11,20-21H2,1-2H3. The average Bonchev–Trinajstić information content (AvgIpc) is 3.36. The van der Waals surface area contributed by atoms with Gasteiger partial charge in [-0.1, -0.05) is 55.3 Å². The Bertz CT molecular complexity index is 1690. The van der Waals surface area contributed by atoms with E-state index in [0.717, 1.165) is 76.2 Å². The number of ether oxygens (including phenoxy) is 2. The summed E-state index contributed by atoms with van der Waals surface area (Å²) >= 11 is 0. The molecule has 0 bridgehead atoms. The van der Waals surface area contributed by atoms with Gasteiger partial charge in [0.05, 0.1) is 31.6 Å². The van der Waals surface area contributed by atoms with Gasteiger partial charge in [-0.3, -0.25) is 5.41 Å². The fourth-order valence-corrected chi connectivity index (χ4v) is 6.29. The molecule has 5 aromatic rings. The van der Waals surface area contributed by atoms with Crippen molar-refractivity contribution < 1.29 is 14.6 Å². The van der Waals surface area contributed by atoms with Gasteiger partial charge in [0, 0.05) is 30.7 Å². The second-order valence-electron chi connectivity index (χ2n) is 10.7. The van der Waals surface area contributed by atoms with E-state index in [2.05, 4.69) is 41.0 Å². The van der Waals surface area contributed by atoms with Crippen LogP contribution in [0.25, 0.3) is 33.4 Å². The highest BCUT2D eigenvalue weighted by atomic mass is 16.5. The number of nitrogens with zero attached hydrogens (tertiary/aromatic N) is 3. The molecule has 6 rings (SSSR count). The van der Waals surface area contributed by atoms with E-state index in [1.165, 1.54) is 0 Å². The van der Waals surface area contributed by atoms with E-state index in [1.54, 1.807) is 14.2 Å². The molecule has 7 heteroatoms. The van der Waals surface area contributed by atoms with E-state index in [9.17, 15) is 10.5 Å². The van der Waals surface area contributed by atoms with E-state index in [0.29, 0.717) is 12.0 Å². The predicted molar refractivity (Wildman–Crippen MR) is 161 cm³/mol. The van der Waals surface area contributed by atoms with E-state index in [4.69, 9.17) is 14.5 Å². The summed E-state index contributed by atoms with van der Waals surface area (Å²) in [5, 5.41) is 20.6. The number of methoxy groups -OCH3 is 2. The summed E-state index contributed by atoms with van der Waals surface area (Å²) in [7, 11) is 3.34. The minimum atomic E-state index is 0.0452. The van der Waals surface area contributed by atoms with Gasteiger partial charge in [0.25, 0.3) is 0 Å². The van der Waals surface area contributed by atoms with Crippen LogP contribution >= 0.6 is 0 Å². The Morgan fingerprint density at radius 3 is 2.12 bits per heavy atom. The van der Waals surface area contributed by atoms with Crippen LogP contribution in [0, 0.1) is 11.3 Å². The van der Waals surface area contributed by atoms with Crippen molar-refractivity contribution in [3.8, 4) is 33.9 Å². The quantitative estimate of drug-likeness (QED) is 0.234. The maximum Gasteiger partial charge on any atom is 0.146 e. The van der Waals surface area contributed by atoms with Gasteiger partial charge < -0.3 is 23.7 Å². The van der Waals surface area contributed by atoms with Crippen LogP contribution in [0.1, 0.15) is 37.3 Å². The molecule has 2 heterocycles. The molecular formula is C34H36N4O3. The molecule has 3 aromatic carbocycles. The summed E-state index contributed by atoms with van der Waals surface area (Å²) in [5.41, 5.74) is 6.31. The summed E-state index contributed by atoms with van der Waals surface area (Å²) in [6, 6.07) is 26.5. The van der Waals surface area contributed by atoms with Crippen molar-refractivity contribution in [3.05, 3.63) is 96.2 Å². The molecule has 2 aromatic heterocycles. The van der Waals surface area contributed by atoms with Gasteiger partial charge in [-0.05, 0) is 65.9 Å². The number of rotatable bonds is 8. The topological polar surface area (TPSA) is 85.3 Å². The van der Waals surface area contributed by atoms with Gasteiger partial charge in [-0.15, -0.1) is 0 Å². The van der Waals surface area contributed by atoms with Gasteiger partial charge in [-0.25, -0.2) is 4.98 Å². The van der Waals surface area contributed by atoms with Crippen LogP contribution in [0.5, 0.6) is 11.5 Å². The Morgan fingerprint density at radius 1 is 0.854 bits per heavy atom. The first-order chi connectivity index (χ1) is 20.1. The van der Waals surface area contributed by atoms with Crippen molar-refractivity contribution in [1.29, 1.82) is 5.41 Å². The summed E-state index contributed by atoms with van der Waals surface area (Å²) in [6.07, 6.45) is 5.91. The number of hydrogen-bond acceptors (Lipinski definition) is 5. The average molecular weight is 549 g/mol. The smallest absolute Gasteiger partial charge is 0.146 e. The summed E-state index contributed by atoms with van der Waals surface area (Å²) < 4.78 is 15.2. The molecule has 1 aliphatic carbocycles. The van der Waals surface area contributed by atoms with Gasteiger partial charge in [0.1, 0.15) is 22.6 Å². The van der Waals surface area contributed by atoms with Crippen molar-refractivity contribution in [2.75, 3.05) is 20.8 Å². The van der Waals surface area contributed by atoms with Gasteiger partial charge in [0.15, 0.2) is 0 Å². The largest absolute Gasteiger partial charge is 0.497 e. The highest BCUT2D eigenvalue weighted by Crippen LogP contribution is 2.41. The molecule has 0 amide bonds. The molecule has 2 N–H and O–H groups in total. The molecule has 7 nitrogen and oxygen atoms in total. The zero-order chi connectivity index (χ0) is 28.3. The lowest BCUT2D eigenvalue weighted by atomic mass is 9.85. The first kappa shape index (κ1) is 26.8. The predicted octanol–water partition coefficient (Wildman–Crippen LogP) is 6.44. The number of aromatic nitrogens is 3. The number of aliphatic hydroxyl groups is 1. The fourth-order valence-electron chi connectivity index (χ4n) is 6.29. The van der Waals surface area contributed by atoms with Crippen LogP contribution in [-0.2, 0) is 6.54 Å². The first-order valence-corrected chi connectivity index (χ1v) is 14.2. The highest BCUT2D eigenvalue weighted by molar-refractivity contribution is 6.02. The Hall–Kier alpha value is -4.36. The van der Waals surface area contributed by atoms with E-state index in [-0.39, 0.29) is 18.6 Å². The second kappa shape index (κ2) is 11.6. The monoisotopic (exact) mass is 548 g/mol. The Balaban J connectivity index is 1.67. The molecular weight excluding hydrogens is 512 g/mol. The van der Waals surface area contributed by atoms with Crippen LogP contribution in [0.15, 0.2) is 85.2 Å². The van der Waals surface area contributed by atoms with Crippen LogP contribution in [0.2, 0.25) is 0 Å². The molecule has 0 spiro atoms. The lowest BCUT2D eigenvalue weighted by Crippen LogP contribution is -2.33. The molecule has 1 fully saturated rings. The fraction of sp³-hybridized carbons (Fsp3) is 0.294. The molecule has 1 saturated carbocycles. The van der Waals surface area contributed by atoms with Crippen molar-refractivity contribution in [1.82, 2.24) is 14.1 Å². The Labute approximate surface area is 240 Å². The molecule has 2 atom stereocenters. The summed E-state index contributed by atoms with van der Waals surface area (Å²) in [4.78, 5) is 5.06. The third-order valence-electron chi connectivity index (χ3n) is 8.42. The SMILES string of the molecule is COc1ccc(-c2c(-c3ccc(OC)cc3)n(Cc3ccccc3)c3ncn(C4CCCCC4CO)c(=N)c23)cc1.